The Labute approximate surface area is 120 Å². The highest BCUT2D eigenvalue weighted by molar-refractivity contribution is 6.30. The van der Waals surface area contributed by atoms with E-state index in [4.69, 9.17) is 17.3 Å². The summed E-state index contributed by atoms with van der Waals surface area (Å²) in [5, 5.41) is 11.2. The molecule has 0 amide bonds. The van der Waals surface area contributed by atoms with Crippen molar-refractivity contribution in [2.45, 2.75) is 6.42 Å². The first-order valence-corrected chi connectivity index (χ1v) is 6.24. The van der Waals surface area contributed by atoms with Gasteiger partial charge in [-0.05, 0) is 35.9 Å². The average Bonchev–Trinajstić information content (AvgIpc) is 2.41. The first kappa shape index (κ1) is 14.1. The molecule has 0 aliphatic heterocycles. The fraction of sp³-hybridized carbons (Fsp3) is 0.0667. The first-order valence-electron chi connectivity index (χ1n) is 5.86. The summed E-state index contributed by atoms with van der Waals surface area (Å²) in [5.41, 5.74) is 7.10. The van der Waals surface area contributed by atoms with Crippen LogP contribution in [-0.2, 0) is 11.2 Å². The number of carbonyl (C=O) groups excluding carboxylic acids is 2. The Morgan fingerprint density at radius 2 is 1.75 bits per heavy atom. The van der Waals surface area contributed by atoms with Crippen molar-refractivity contribution in [2.75, 3.05) is 5.73 Å². The summed E-state index contributed by atoms with van der Waals surface area (Å²) in [6.07, 6.45) is -0.326. The predicted octanol–water partition coefficient (Wildman–Crippen LogP) is 1.45. The Morgan fingerprint density at radius 1 is 1.10 bits per heavy atom. The Bertz CT molecular complexity index is 665. The number of rotatable bonds is 4. The Balaban J connectivity index is 2.39. The van der Waals surface area contributed by atoms with E-state index in [0.717, 1.165) is 0 Å². The largest absolute Gasteiger partial charge is 0.550 e. The van der Waals surface area contributed by atoms with Gasteiger partial charge in [-0.2, -0.15) is 0 Å². The molecule has 4 nitrogen and oxygen atoms in total. The number of anilines is 1. The molecule has 0 aliphatic rings. The van der Waals surface area contributed by atoms with Crippen LogP contribution in [-0.4, -0.2) is 11.8 Å². The molecule has 2 aromatic rings. The third-order valence-electron chi connectivity index (χ3n) is 2.88. The molecule has 0 aliphatic carbocycles. The van der Waals surface area contributed by atoms with Gasteiger partial charge in [0, 0.05) is 34.2 Å². The fourth-order valence-electron chi connectivity index (χ4n) is 1.88. The van der Waals surface area contributed by atoms with Crippen molar-refractivity contribution in [1.29, 1.82) is 0 Å². The van der Waals surface area contributed by atoms with Gasteiger partial charge in [-0.3, -0.25) is 4.79 Å². The number of carboxylic acid groups (broad SMARTS) is 1. The topological polar surface area (TPSA) is 83.2 Å². The van der Waals surface area contributed by atoms with E-state index in [2.05, 4.69) is 0 Å². The number of halogens is 1. The van der Waals surface area contributed by atoms with Crippen molar-refractivity contribution < 1.29 is 14.7 Å². The lowest BCUT2D eigenvalue weighted by molar-refractivity contribution is -0.304. The second kappa shape index (κ2) is 5.75. The number of benzene rings is 2. The van der Waals surface area contributed by atoms with Gasteiger partial charge in [-0.15, -0.1) is 0 Å². The van der Waals surface area contributed by atoms with Crippen LogP contribution in [0.3, 0.4) is 0 Å². The third kappa shape index (κ3) is 2.97. The van der Waals surface area contributed by atoms with Crippen molar-refractivity contribution in [3.8, 4) is 0 Å². The highest BCUT2D eigenvalue weighted by atomic mass is 35.5. The minimum atomic E-state index is -1.24. The molecular formula is C15H11ClNO3-. The summed E-state index contributed by atoms with van der Waals surface area (Å²) in [6.45, 7) is 0. The third-order valence-corrected chi connectivity index (χ3v) is 3.13. The number of aliphatic carboxylic acids is 1. The second-order valence-corrected chi connectivity index (χ2v) is 4.70. The van der Waals surface area contributed by atoms with Crippen molar-refractivity contribution in [1.82, 2.24) is 0 Å². The molecule has 5 heteroatoms. The van der Waals surface area contributed by atoms with Gasteiger partial charge in [-0.25, -0.2) is 0 Å². The van der Waals surface area contributed by atoms with Crippen LogP contribution in [0.15, 0.2) is 42.5 Å². The molecule has 0 saturated heterocycles. The molecule has 2 N–H and O–H groups in total. The maximum absolute atomic E-state index is 12.3. The smallest absolute Gasteiger partial charge is 0.195 e. The molecule has 2 aromatic carbocycles. The quantitative estimate of drug-likeness (QED) is 0.682. The standard InChI is InChI=1S/C15H12ClNO3/c16-11-6-4-9(5-7-11)15(20)12-3-1-2-10(14(12)17)8-13(18)19/h1-7H,8,17H2,(H,18,19)/p-1. The highest BCUT2D eigenvalue weighted by Gasteiger charge is 2.14. The first-order chi connectivity index (χ1) is 9.49. The molecule has 0 unspecified atom stereocenters. The average molecular weight is 289 g/mol. The molecule has 0 spiro atoms. The van der Waals surface area contributed by atoms with Crippen LogP contribution in [0.1, 0.15) is 21.5 Å². The van der Waals surface area contributed by atoms with Gasteiger partial charge in [0.25, 0.3) is 0 Å². The van der Waals surface area contributed by atoms with Crippen LogP contribution in [0.5, 0.6) is 0 Å². The van der Waals surface area contributed by atoms with E-state index in [0.29, 0.717) is 16.1 Å². The lowest BCUT2D eigenvalue weighted by Crippen LogP contribution is -2.25. The molecule has 0 heterocycles. The summed E-state index contributed by atoms with van der Waals surface area (Å²) in [7, 11) is 0. The normalized spacial score (nSPS) is 10.2. The molecule has 0 saturated carbocycles. The van der Waals surface area contributed by atoms with E-state index in [1.165, 1.54) is 0 Å². The van der Waals surface area contributed by atoms with Gasteiger partial charge < -0.3 is 15.6 Å². The number of nitrogen functional groups attached to an aromatic ring is 1. The lowest BCUT2D eigenvalue weighted by Gasteiger charge is -2.11. The number of ketones is 1. The second-order valence-electron chi connectivity index (χ2n) is 4.26. The van der Waals surface area contributed by atoms with E-state index in [1.54, 1.807) is 42.5 Å². The molecule has 102 valence electrons. The molecule has 0 fully saturated rings. The molecule has 0 radical (unpaired) electrons. The number of carboxylic acids is 1. The summed E-state index contributed by atoms with van der Waals surface area (Å²) >= 11 is 5.77. The van der Waals surface area contributed by atoms with Crippen molar-refractivity contribution in [2.24, 2.45) is 0 Å². The Morgan fingerprint density at radius 3 is 2.35 bits per heavy atom. The van der Waals surface area contributed by atoms with E-state index >= 15 is 0 Å². The molecule has 0 bridgehead atoms. The van der Waals surface area contributed by atoms with Crippen LogP contribution in [0.25, 0.3) is 0 Å². The maximum Gasteiger partial charge on any atom is 0.195 e. The zero-order valence-corrected chi connectivity index (χ0v) is 11.2. The minimum absolute atomic E-state index is 0.164. The molecule has 20 heavy (non-hydrogen) atoms. The predicted molar refractivity (Wildman–Crippen MR) is 74.4 cm³/mol. The Kier molecular flexibility index (Phi) is 4.05. The molecule has 0 aromatic heterocycles. The maximum atomic E-state index is 12.3. The molecule has 2 rings (SSSR count). The summed E-state index contributed by atoms with van der Waals surface area (Å²) in [6, 6.07) is 11.1. The van der Waals surface area contributed by atoms with Crippen LogP contribution < -0.4 is 10.8 Å². The van der Waals surface area contributed by atoms with E-state index in [9.17, 15) is 14.7 Å². The van der Waals surface area contributed by atoms with Gasteiger partial charge in [0.15, 0.2) is 5.78 Å². The minimum Gasteiger partial charge on any atom is -0.550 e. The summed E-state index contributed by atoms with van der Waals surface area (Å²) in [4.78, 5) is 23.0. The number of carbonyl (C=O) groups is 2. The highest BCUT2D eigenvalue weighted by Crippen LogP contribution is 2.22. The van der Waals surface area contributed by atoms with Crippen molar-refractivity contribution >= 4 is 29.0 Å². The lowest BCUT2D eigenvalue weighted by atomic mass is 9.98. The number of hydrogen-bond acceptors (Lipinski definition) is 4. The fourth-order valence-corrected chi connectivity index (χ4v) is 2.00. The number of hydrogen-bond donors (Lipinski definition) is 1. The van der Waals surface area contributed by atoms with Crippen LogP contribution >= 0.6 is 11.6 Å². The van der Waals surface area contributed by atoms with Gasteiger partial charge >= 0.3 is 0 Å². The zero-order chi connectivity index (χ0) is 14.7. The van der Waals surface area contributed by atoms with E-state index in [1.807, 2.05) is 0 Å². The van der Waals surface area contributed by atoms with Gasteiger partial charge in [0.2, 0.25) is 0 Å². The number of nitrogens with two attached hydrogens (primary N) is 1. The van der Waals surface area contributed by atoms with E-state index in [-0.39, 0.29) is 23.5 Å². The van der Waals surface area contributed by atoms with E-state index < -0.39 is 5.97 Å². The zero-order valence-electron chi connectivity index (χ0n) is 10.4. The molecule has 0 atom stereocenters. The summed E-state index contributed by atoms with van der Waals surface area (Å²) < 4.78 is 0. The van der Waals surface area contributed by atoms with Crippen LogP contribution in [0, 0.1) is 0 Å². The monoisotopic (exact) mass is 288 g/mol. The van der Waals surface area contributed by atoms with Gasteiger partial charge in [0.1, 0.15) is 0 Å². The molecular weight excluding hydrogens is 278 g/mol. The number of para-hydroxylation sites is 1. The van der Waals surface area contributed by atoms with Gasteiger partial charge in [0.05, 0.1) is 0 Å². The van der Waals surface area contributed by atoms with Crippen molar-refractivity contribution in [3.63, 3.8) is 0 Å². The van der Waals surface area contributed by atoms with Crippen molar-refractivity contribution in [3.05, 3.63) is 64.2 Å². The van der Waals surface area contributed by atoms with Gasteiger partial charge in [-0.1, -0.05) is 23.7 Å². The van der Waals surface area contributed by atoms with Crippen LogP contribution in [0.2, 0.25) is 5.02 Å². The Hall–Kier alpha value is -2.33. The summed E-state index contributed by atoms with van der Waals surface area (Å²) in [5.74, 6) is -1.52. The van der Waals surface area contributed by atoms with Crippen LogP contribution in [0.4, 0.5) is 5.69 Å². The SMILES string of the molecule is Nc1c(CC(=O)[O-])cccc1C(=O)c1ccc(Cl)cc1.